The molecule has 104 valence electrons. The quantitative estimate of drug-likeness (QED) is 0.752. The molecule has 0 bridgehead atoms. The molecule has 1 aromatic carbocycles. The number of methoxy groups -OCH3 is 1. The molecule has 0 N–H and O–H groups in total. The summed E-state index contributed by atoms with van der Waals surface area (Å²) in [6.45, 7) is 2.21. The van der Waals surface area contributed by atoms with Crippen LogP contribution in [0.5, 0.6) is 0 Å². The van der Waals surface area contributed by atoms with Gasteiger partial charge in [0.1, 0.15) is 5.60 Å². The largest absolute Gasteiger partial charge is 0.370 e. The number of ether oxygens (including phenoxy) is 1. The number of carbonyl (C=O) groups excluding carboxylic acids is 1. The lowest BCUT2D eigenvalue weighted by atomic mass is 9.75. The highest BCUT2D eigenvalue weighted by Crippen LogP contribution is 2.37. The van der Waals surface area contributed by atoms with E-state index in [1.165, 1.54) is 0 Å². The van der Waals surface area contributed by atoms with Gasteiger partial charge < -0.3 is 4.74 Å². The summed E-state index contributed by atoms with van der Waals surface area (Å²) in [7, 11) is 1.62. The van der Waals surface area contributed by atoms with Crippen molar-refractivity contribution in [3.63, 3.8) is 0 Å². The topological polar surface area (TPSA) is 26.3 Å². The molecular weight excluding hydrogens is 283 g/mol. The molecule has 0 aliphatic heterocycles. The van der Waals surface area contributed by atoms with Crippen LogP contribution >= 0.6 is 23.2 Å². The number of Topliss-reactive ketones (excluding diaryl/α,β-unsaturated/α-hetero) is 1. The van der Waals surface area contributed by atoms with Crippen LogP contribution in [0.1, 0.15) is 43.0 Å². The Balaban J connectivity index is 2.28. The van der Waals surface area contributed by atoms with Crippen molar-refractivity contribution in [1.82, 2.24) is 0 Å². The number of carbonyl (C=O) groups is 1. The van der Waals surface area contributed by atoms with E-state index in [2.05, 4.69) is 6.92 Å². The van der Waals surface area contributed by atoms with Crippen molar-refractivity contribution < 1.29 is 9.53 Å². The van der Waals surface area contributed by atoms with Gasteiger partial charge in [-0.2, -0.15) is 0 Å². The van der Waals surface area contributed by atoms with Gasteiger partial charge >= 0.3 is 0 Å². The molecule has 1 saturated carbocycles. The first-order chi connectivity index (χ1) is 8.98. The lowest BCUT2D eigenvalue weighted by Crippen LogP contribution is -2.43. The van der Waals surface area contributed by atoms with Crippen molar-refractivity contribution in [3.8, 4) is 0 Å². The zero-order valence-corrected chi connectivity index (χ0v) is 12.7. The van der Waals surface area contributed by atoms with Crippen molar-refractivity contribution in [3.05, 3.63) is 33.8 Å². The van der Waals surface area contributed by atoms with Crippen molar-refractivity contribution in [2.45, 2.75) is 38.2 Å². The summed E-state index contributed by atoms with van der Waals surface area (Å²) in [5.74, 6) is 0.672. The molecule has 1 aliphatic carbocycles. The Morgan fingerprint density at radius 1 is 1.26 bits per heavy atom. The molecule has 0 aromatic heterocycles. The van der Waals surface area contributed by atoms with Gasteiger partial charge in [-0.05, 0) is 49.8 Å². The Kier molecular flexibility index (Phi) is 4.54. The Labute approximate surface area is 124 Å². The maximum absolute atomic E-state index is 12.7. The Bertz CT molecular complexity index is 477. The zero-order valence-electron chi connectivity index (χ0n) is 11.2. The summed E-state index contributed by atoms with van der Waals surface area (Å²) in [4.78, 5) is 12.7. The zero-order chi connectivity index (χ0) is 14.0. The Morgan fingerprint density at radius 3 is 2.42 bits per heavy atom. The van der Waals surface area contributed by atoms with E-state index in [-0.39, 0.29) is 5.78 Å². The summed E-state index contributed by atoms with van der Waals surface area (Å²) in [5.41, 5.74) is -0.116. The van der Waals surface area contributed by atoms with Crippen molar-refractivity contribution in [1.29, 1.82) is 0 Å². The first-order valence-corrected chi connectivity index (χ1v) is 7.29. The number of ketones is 1. The lowest BCUT2D eigenvalue weighted by molar-refractivity contribution is -0.0263. The monoisotopic (exact) mass is 300 g/mol. The van der Waals surface area contributed by atoms with Crippen LogP contribution in [0, 0.1) is 5.92 Å². The van der Waals surface area contributed by atoms with Crippen molar-refractivity contribution in [2.24, 2.45) is 5.92 Å². The van der Waals surface area contributed by atoms with E-state index in [1.807, 2.05) is 0 Å². The van der Waals surface area contributed by atoms with E-state index in [0.29, 0.717) is 21.5 Å². The third kappa shape index (κ3) is 2.96. The fourth-order valence-electron chi connectivity index (χ4n) is 2.65. The van der Waals surface area contributed by atoms with Crippen LogP contribution in [-0.4, -0.2) is 18.5 Å². The maximum atomic E-state index is 12.7. The molecule has 19 heavy (non-hydrogen) atoms. The third-order valence-electron chi connectivity index (χ3n) is 4.07. The van der Waals surface area contributed by atoms with Gasteiger partial charge in [0.2, 0.25) is 0 Å². The van der Waals surface area contributed by atoms with E-state index < -0.39 is 5.60 Å². The van der Waals surface area contributed by atoms with Crippen LogP contribution in [0.15, 0.2) is 18.2 Å². The summed E-state index contributed by atoms with van der Waals surface area (Å²) >= 11 is 11.9. The maximum Gasteiger partial charge on any atom is 0.194 e. The molecule has 1 aliphatic rings. The van der Waals surface area contributed by atoms with Crippen LogP contribution < -0.4 is 0 Å². The number of benzene rings is 1. The molecule has 0 unspecified atom stereocenters. The fourth-order valence-corrected chi connectivity index (χ4v) is 2.95. The summed E-state index contributed by atoms with van der Waals surface area (Å²) < 4.78 is 5.59. The van der Waals surface area contributed by atoms with Crippen LogP contribution in [0.2, 0.25) is 10.0 Å². The van der Waals surface area contributed by atoms with Gasteiger partial charge in [-0.15, -0.1) is 0 Å². The number of rotatable bonds is 3. The van der Waals surface area contributed by atoms with Gasteiger partial charge in [-0.25, -0.2) is 0 Å². The summed E-state index contributed by atoms with van der Waals surface area (Å²) in [6.07, 6.45) is 3.56. The second-order valence-electron chi connectivity index (χ2n) is 5.34. The highest BCUT2D eigenvalue weighted by molar-refractivity contribution is 6.42. The molecule has 2 rings (SSSR count). The van der Waals surface area contributed by atoms with Crippen LogP contribution in [0.25, 0.3) is 0 Å². The molecule has 0 radical (unpaired) electrons. The molecule has 0 atom stereocenters. The van der Waals surface area contributed by atoms with Crippen LogP contribution in [0.3, 0.4) is 0 Å². The Hall–Kier alpha value is -0.570. The van der Waals surface area contributed by atoms with Gasteiger partial charge in [-0.1, -0.05) is 30.1 Å². The van der Waals surface area contributed by atoms with Crippen molar-refractivity contribution >= 4 is 29.0 Å². The number of hydrogen-bond acceptors (Lipinski definition) is 2. The predicted octanol–water partition coefficient (Wildman–Crippen LogP) is 4.77. The Morgan fingerprint density at radius 2 is 1.89 bits per heavy atom. The average Bonchev–Trinajstić information content (AvgIpc) is 2.42. The molecule has 0 heterocycles. The summed E-state index contributed by atoms with van der Waals surface area (Å²) in [5, 5.41) is 0.866. The van der Waals surface area contributed by atoms with Crippen LogP contribution in [0.4, 0.5) is 0 Å². The van der Waals surface area contributed by atoms with Crippen LogP contribution in [-0.2, 0) is 4.74 Å². The lowest BCUT2D eigenvalue weighted by Gasteiger charge is -2.37. The van der Waals surface area contributed by atoms with E-state index in [9.17, 15) is 4.79 Å². The minimum atomic E-state index is -0.691. The number of halogens is 2. The first-order valence-electron chi connectivity index (χ1n) is 6.53. The first kappa shape index (κ1) is 14.8. The average molecular weight is 301 g/mol. The fraction of sp³-hybridized carbons (Fsp3) is 0.533. The molecule has 2 nitrogen and oxygen atoms in total. The van der Waals surface area contributed by atoms with Gasteiger partial charge in [0.15, 0.2) is 5.78 Å². The number of hydrogen-bond donors (Lipinski definition) is 0. The molecule has 1 fully saturated rings. The van der Waals surface area contributed by atoms with E-state index in [0.717, 1.165) is 25.7 Å². The van der Waals surface area contributed by atoms with Gasteiger partial charge in [-0.3, -0.25) is 4.79 Å². The van der Waals surface area contributed by atoms with Gasteiger partial charge in [0, 0.05) is 12.7 Å². The van der Waals surface area contributed by atoms with Gasteiger partial charge in [0.05, 0.1) is 10.0 Å². The molecule has 0 amide bonds. The van der Waals surface area contributed by atoms with Crippen molar-refractivity contribution in [2.75, 3.05) is 7.11 Å². The normalized spacial score (nSPS) is 27.3. The molecule has 0 spiro atoms. The van der Waals surface area contributed by atoms with E-state index in [1.54, 1.807) is 25.3 Å². The highest BCUT2D eigenvalue weighted by atomic mass is 35.5. The molecule has 1 aromatic rings. The molecular formula is C15H18Cl2O2. The second kappa shape index (κ2) is 5.82. The standard InChI is InChI=1S/C15H18Cl2O2/c1-10-5-7-15(19-2,8-6-10)14(18)11-3-4-12(16)13(17)9-11/h3-4,9-10H,5-8H2,1-2H3. The predicted molar refractivity (Wildman–Crippen MR) is 78.2 cm³/mol. The minimum Gasteiger partial charge on any atom is -0.370 e. The van der Waals surface area contributed by atoms with Gasteiger partial charge in [0.25, 0.3) is 0 Å². The molecule has 0 saturated heterocycles. The smallest absolute Gasteiger partial charge is 0.194 e. The highest BCUT2D eigenvalue weighted by Gasteiger charge is 2.41. The summed E-state index contributed by atoms with van der Waals surface area (Å²) in [6, 6.07) is 5.01. The SMILES string of the molecule is COC1(C(=O)c2ccc(Cl)c(Cl)c2)CCC(C)CC1. The van der Waals surface area contributed by atoms with E-state index >= 15 is 0 Å². The second-order valence-corrected chi connectivity index (χ2v) is 6.15. The minimum absolute atomic E-state index is 0.0143. The molecule has 4 heteroatoms. The third-order valence-corrected chi connectivity index (χ3v) is 4.81. The van der Waals surface area contributed by atoms with E-state index in [4.69, 9.17) is 27.9 Å².